The van der Waals surface area contributed by atoms with Gasteiger partial charge in [0.05, 0.1) is 6.54 Å². The van der Waals surface area contributed by atoms with Gasteiger partial charge >= 0.3 is 6.03 Å². The third kappa shape index (κ3) is 3.27. The van der Waals surface area contributed by atoms with Crippen molar-refractivity contribution in [2.24, 2.45) is 0 Å². The van der Waals surface area contributed by atoms with Gasteiger partial charge < -0.3 is 5.32 Å². The molecule has 1 aliphatic rings. The molecule has 3 rings (SSSR count). The van der Waals surface area contributed by atoms with Gasteiger partial charge in [0, 0.05) is 0 Å². The quantitative estimate of drug-likeness (QED) is 0.809. The van der Waals surface area contributed by atoms with E-state index in [-0.39, 0.29) is 18.3 Å². The standard InChI is InChI=1S/C20H21FN2O2/c1-2-3-13-20(16-9-11-17(21)12-10-16)18(24)23(19(25)22-20)14-15-7-5-4-6-8-15/h4-12H,2-3,13-14H2,1H3,(H,22,25)/t20-/m1/s1. The van der Waals surface area contributed by atoms with E-state index in [4.69, 9.17) is 0 Å². The highest BCUT2D eigenvalue weighted by atomic mass is 19.1. The maximum Gasteiger partial charge on any atom is 0.325 e. The molecule has 1 heterocycles. The van der Waals surface area contributed by atoms with Crippen molar-refractivity contribution in [2.75, 3.05) is 0 Å². The molecule has 0 saturated carbocycles. The minimum absolute atomic E-state index is 0.223. The number of carbonyl (C=O) groups excluding carboxylic acids is 2. The molecule has 0 spiro atoms. The first-order chi connectivity index (χ1) is 12.1. The highest BCUT2D eigenvalue weighted by molar-refractivity contribution is 6.07. The van der Waals surface area contributed by atoms with Crippen LogP contribution in [0.2, 0.25) is 0 Å². The maximum atomic E-state index is 13.3. The van der Waals surface area contributed by atoms with Crippen molar-refractivity contribution in [3.8, 4) is 0 Å². The number of imide groups is 1. The van der Waals surface area contributed by atoms with Crippen LogP contribution in [0.3, 0.4) is 0 Å². The Bertz CT molecular complexity index is 761. The molecule has 4 nitrogen and oxygen atoms in total. The number of hydrogen-bond acceptors (Lipinski definition) is 2. The zero-order valence-corrected chi connectivity index (χ0v) is 14.2. The molecule has 3 amide bonds. The van der Waals surface area contributed by atoms with Crippen LogP contribution in [-0.4, -0.2) is 16.8 Å². The molecule has 0 radical (unpaired) electrons. The normalized spacial score (nSPS) is 20.0. The van der Waals surface area contributed by atoms with Gasteiger partial charge in [-0.3, -0.25) is 9.69 Å². The Morgan fingerprint density at radius 2 is 1.72 bits per heavy atom. The SMILES string of the molecule is CCCC[C@]1(c2ccc(F)cc2)NC(=O)N(Cc2ccccc2)C1=O. The van der Waals surface area contributed by atoms with Crippen molar-refractivity contribution < 1.29 is 14.0 Å². The van der Waals surface area contributed by atoms with E-state index in [1.165, 1.54) is 17.0 Å². The van der Waals surface area contributed by atoms with Gasteiger partial charge in [-0.1, -0.05) is 62.2 Å². The number of amides is 3. The lowest BCUT2D eigenvalue weighted by Gasteiger charge is -2.27. The Kier molecular flexibility index (Phi) is 4.83. The molecular formula is C20H21FN2O2. The molecule has 1 saturated heterocycles. The number of hydrogen-bond donors (Lipinski definition) is 1. The number of rotatable bonds is 6. The molecule has 0 bridgehead atoms. The van der Waals surface area contributed by atoms with Gasteiger partial charge in [-0.05, 0) is 29.7 Å². The molecule has 25 heavy (non-hydrogen) atoms. The predicted molar refractivity (Wildman–Crippen MR) is 93.1 cm³/mol. The largest absolute Gasteiger partial charge is 0.325 e. The van der Waals surface area contributed by atoms with E-state index in [0.717, 1.165) is 18.4 Å². The summed E-state index contributed by atoms with van der Waals surface area (Å²) in [5, 5.41) is 2.87. The summed E-state index contributed by atoms with van der Waals surface area (Å²) in [4.78, 5) is 27.0. The third-order valence-corrected chi connectivity index (χ3v) is 4.60. The van der Waals surface area contributed by atoms with Crippen LogP contribution in [0.25, 0.3) is 0 Å². The van der Waals surface area contributed by atoms with Gasteiger partial charge in [0.25, 0.3) is 5.91 Å². The lowest BCUT2D eigenvalue weighted by Crippen LogP contribution is -2.44. The molecule has 2 aromatic rings. The number of nitrogens with zero attached hydrogens (tertiary/aromatic N) is 1. The Balaban J connectivity index is 1.94. The fourth-order valence-corrected chi connectivity index (χ4v) is 3.22. The summed E-state index contributed by atoms with van der Waals surface area (Å²) in [6.45, 7) is 2.25. The second-order valence-electron chi connectivity index (χ2n) is 6.32. The van der Waals surface area contributed by atoms with E-state index in [1.807, 2.05) is 37.3 Å². The molecule has 1 aliphatic heterocycles. The first-order valence-electron chi connectivity index (χ1n) is 8.51. The Labute approximate surface area is 146 Å². The average Bonchev–Trinajstić information content (AvgIpc) is 2.87. The van der Waals surface area contributed by atoms with Crippen LogP contribution >= 0.6 is 0 Å². The van der Waals surface area contributed by atoms with E-state index in [0.29, 0.717) is 12.0 Å². The van der Waals surface area contributed by atoms with E-state index in [9.17, 15) is 14.0 Å². The lowest BCUT2D eigenvalue weighted by atomic mass is 9.84. The van der Waals surface area contributed by atoms with Crippen molar-refractivity contribution in [2.45, 2.75) is 38.3 Å². The van der Waals surface area contributed by atoms with Gasteiger partial charge in [0.2, 0.25) is 0 Å². The summed E-state index contributed by atoms with van der Waals surface area (Å²) in [7, 11) is 0. The highest BCUT2D eigenvalue weighted by Gasteiger charge is 2.51. The topological polar surface area (TPSA) is 49.4 Å². The first-order valence-corrected chi connectivity index (χ1v) is 8.51. The summed E-state index contributed by atoms with van der Waals surface area (Å²) in [5.41, 5.74) is 0.392. The van der Waals surface area contributed by atoms with E-state index >= 15 is 0 Å². The zero-order chi connectivity index (χ0) is 17.9. The third-order valence-electron chi connectivity index (χ3n) is 4.60. The number of nitrogens with one attached hydrogen (secondary N) is 1. The summed E-state index contributed by atoms with van der Waals surface area (Å²) in [6, 6.07) is 14.8. The lowest BCUT2D eigenvalue weighted by molar-refractivity contribution is -0.132. The molecule has 0 aromatic heterocycles. The van der Waals surface area contributed by atoms with Crippen LogP contribution in [0.1, 0.15) is 37.3 Å². The second kappa shape index (κ2) is 7.05. The molecule has 0 unspecified atom stereocenters. The smallest absolute Gasteiger partial charge is 0.319 e. The summed E-state index contributed by atoms with van der Waals surface area (Å²) in [6.07, 6.45) is 2.17. The second-order valence-corrected chi connectivity index (χ2v) is 6.32. The zero-order valence-electron chi connectivity index (χ0n) is 14.2. The fraction of sp³-hybridized carbons (Fsp3) is 0.300. The molecule has 130 valence electrons. The van der Waals surface area contributed by atoms with E-state index in [1.54, 1.807) is 12.1 Å². The number of benzene rings is 2. The van der Waals surface area contributed by atoms with Crippen LogP contribution in [0.15, 0.2) is 54.6 Å². The Morgan fingerprint density at radius 1 is 1.04 bits per heavy atom. The van der Waals surface area contributed by atoms with Gasteiger partial charge in [0.1, 0.15) is 11.4 Å². The van der Waals surface area contributed by atoms with Crippen molar-refractivity contribution in [1.82, 2.24) is 10.2 Å². The number of carbonyl (C=O) groups is 2. The van der Waals surface area contributed by atoms with E-state index < -0.39 is 11.6 Å². The van der Waals surface area contributed by atoms with Crippen LogP contribution in [0.5, 0.6) is 0 Å². The van der Waals surface area contributed by atoms with Crippen molar-refractivity contribution in [1.29, 1.82) is 0 Å². The van der Waals surface area contributed by atoms with Crippen LogP contribution in [0, 0.1) is 5.82 Å². The fourth-order valence-electron chi connectivity index (χ4n) is 3.22. The molecule has 2 aromatic carbocycles. The molecule has 1 atom stereocenters. The summed E-state index contributed by atoms with van der Waals surface area (Å²) >= 11 is 0. The van der Waals surface area contributed by atoms with Crippen LogP contribution in [-0.2, 0) is 16.9 Å². The maximum absolute atomic E-state index is 13.3. The predicted octanol–water partition coefficient (Wildman–Crippen LogP) is 3.96. The molecule has 0 aliphatic carbocycles. The van der Waals surface area contributed by atoms with Gasteiger partial charge in [0.15, 0.2) is 0 Å². The van der Waals surface area contributed by atoms with Crippen LogP contribution in [0.4, 0.5) is 9.18 Å². The molecule has 1 N–H and O–H groups in total. The molecule has 1 fully saturated rings. The molecule has 5 heteroatoms. The monoisotopic (exact) mass is 340 g/mol. The van der Waals surface area contributed by atoms with Gasteiger partial charge in [-0.2, -0.15) is 0 Å². The van der Waals surface area contributed by atoms with Crippen molar-refractivity contribution >= 4 is 11.9 Å². The average molecular weight is 340 g/mol. The van der Waals surface area contributed by atoms with E-state index in [2.05, 4.69) is 5.32 Å². The number of halogens is 1. The summed E-state index contributed by atoms with van der Waals surface area (Å²) < 4.78 is 13.3. The summed E-state index contributed by atoms with van der Waals surface area (Å²) in [5.74, 6) is -0.645. The van der Waals surface area contributed by atoms with Crippen molar-refractivity contribution in [3.63, 3.8) is 0 Å². The number of urea groups is 1. The first kappa shape index (κ1) is 17.1. The minimum atomic E-state index is -1.12. The molecular weight excluding hydrogens is 319 g/mol. The number of unbranched alkanes of at least 4 members (excludes halogenated alkanes) is 1. The Morgan fingerprint density at radius 3 is 2.36 bits per heavy atom. The highest BCUT2D eigenvalue weighted by Crippen LogP contribution is 2.35. The minimum Gasteiger partial charge on any atom is -0.319 e. The Hall–Kier alpha value is -2.69. The van der Waals surface area contributed by atoms with Gasteiger partial charge in [-0.25, -0.2) is 9.18 Å². The van der Waals surface area contributed by atoms with Gasteiger partial charge in [-0.15, -0.1) is 0 Å². The van der Waals surface area contributed by atoms with Crippen molar-refractivity contribution in [3.05, 3.63) is 71.5 Å². The van der Waals surface area contributed by atoms with Crippen LogP contribution < -0.4 is 5.32 Å².